The van der Waals surface area contributed by atoms with Gasteiger partial charge in [-0.3, -0.25) is 29.4 Å². The first-order valence-corrected chi connectivity index (χ1v) is 6.31. The minimum atomic E-state index is -0.840. The van der Waals surface area contributed by atoms with Gasteiger partial charge in [0.2, 0.25) is 0 Å². The van der Waals surface area contributed by atoms with E-state index in [1.54, 1.807) is 0 Å². The Morgan fingerprint density at radius 2 is 1.91 bits per heavy atom. The fourth-order valence-corrected chi connectivity index (χ4v) is 2.15. The molecule has 2 rings (SSSR count). The van der Waals surface area contributed by atoms with E-state index in [0.717, 1.165) is 17.0 Å². The van der Waals surface area contributed by atoms with Crippen LogP contribution in [0.15, 0.2) is 12.1 Å². The number of phenols is 1. The molecule has 0 fully saturated rings. The summed E-state index contributed by atoms with van der Waals surface area (Å²) in [4.78, 5) is 46.0. The number of carbonyl (C=O) groups excluding carboxylic acids is 3. The Bertz CT molecular complexity index is 683. The lowest BCUT2D eigenvalue weighted by molar-refractivity contribution is -0.385. The van der Waals surface area contributed by atoms with Gasteiger partial charge in [-0.15, -0.1) is 0 Å². The minimum absolute atomic E-state index is 0.0179. The fraction of sp³-hybridized carbons (Fsp3) is 0.308. The molecule has 0 atom stereocenters. The molecule has 1 heterocycles. The normalized spacial score (nSPS) is 13.2. The first-order valence-electron chi connectivity index (χ1n) is 6.31. The highest BCUT2D eigenvalue weighted by Crippen LogP contribution is 2.34. The van der Waals surface area contributed by atoms with Crippen molar-refractivity contribution in [2.45, 2.75) is 12.8 Å². The van der Waals surface area contributed by atoms with Crippen molar-refractivity contribution >= 4 is 23.5 Å². The molecule has 0 spiro atoms. The first kappa shape index (κ1) is 15.4. The topological polar surface area (TPSA) is 127 Å². The molecule has 2 amide bonds. The van der Waals surface area contributed by atoms with E-state index in [1.165, 1.54) is 7.11 Å². The lowest BCUT2D eigenvalue weighted by atomic mass is 10.1. The Labute approximate surface area is 124 Å². The van der Waals surface area contributed by atoms with Crippen LogP contribution in [0.3, 0.4) is 0 Å². The lowest BCUT2D eigenvalue weighted by Gasteiger charge is -2.12. The smallest absolute Gasteiger partial charge is 0.311 e. The number of hydrogen-bond donors (Lipinski definition) is 1. The Morgan fingerprint density at radius 1 is 1.32 bits per heavy atom. The number of nitro groups is 1. The summed E-state index contributed by atoms with van der Waals surface area (Å²) in [7, 11) is 1.23. The van der Waals surface area contributed by atoms with Crippen molar-refractivity contribution in [1.82, 2.24) is 4.90 Å². The second-order valence-corrected chi connectivity index (χ2v) is 4.59. The SMILES string of the molecule is COC(=O)CCCN1C(=O)c2cc(O)c([N+](=O)[O-])cc2C1=O. The molecular formula is C13H12N2O7. The summed E-state index contributed by atoms with van der Waals surface area (Å²) < 4.78 is 4.45. The molecule has 116 valence electrons. The van der Waals surface area contributed by atoms with E-state index < -0.39 is 34.1 Å². The summed E-state index contributed by atoms with van der Waals surface area (Å²) in [5, 5.41) is 20.3. The zero-order valence-electron chi connectivity index (χ0n) is 11.6. The van der Waals surface area contributed by atoms with Crippen LogP contribution in [0.5, 0.6) is 5.75 Å². The Balaban J connectivity index is 2.22. The third-order valence-corrected chi connectivity index (χ3v) is 3.25. The van der Waals surface area contributed by atoms with Gasteiger partial charge in [0.1, 0.15) is 0 Å². The predicted molar refractivity (Wildman–Crippen MR) is 71.4 cm³/mol. The van der Waals surface area contributed by atoms with E-state index in [0.29, 0.717) is 0 Å². The van der Waals surface area contributed by atoms with Gasteiger partial charge in [-0.25, -0.2) is 0 Å². The van der Waals surface area contributed by atoms with Crippen molar-refractivity contribution in [3.63, 3.8) is 0 Å². The number of rotatable bonds is 5. The summed E-state index contributed by atoms with van der Waals surface area (Å²) in [6.45, 7) is -0.0179. The van der Waals surface area contributed by atoms with Crippen LogP contribution in [-0.4, -0.2) is 46.4 Å². The molecule has 1 aromatic rings. The van der Waals surface area contributed by atoms with Gasteiger partial charge in [0.15, 0.2) is 5.75 Å². The molecule has 9 heteroatoms. The van der Waals surface area contributed by atoms with Gasteiger partial charge < -0.3 is 9.84 Å². The van der Waals surface area contributed by atoms with E-state index in [4.69, 9.17) is 0 Å². The second kappa shape index (κ2) is 5.80. The number of benzene rings is 1. The number of fused-ring (bicyclic) bond motifs is 1. The maximum absolute atomic E-state index is 12.1. The molecule has 0 radical (unpaired) electrons. The molecular weight excluding hydrogens is 296 g/mol. The van der Waals surface area contributed by atoms with Crippen molar-refractivity contribution < 1.29 is 29.2 Å². The highest BCUT2D eigenvalue weighted by Gasteiger charge is 2.37. The van der Waals surface area contributed by atoms with Crippen molar-refractivity contribution in [3.8, 4) is 5.75 Å². The van der Waals surface area contributed by atoms with E-state index >= 15 is 0 Å². The van der Waals surface area contributed by atoms with Crippen LogP contribution < -0.4 is 0 Å². The number of esters is 1. The summed E-state index contributed by atoms with van der Waals surface area (Å²) in [5.74, 6) is -2.49. The van der Waals surface area contributed by atoms with Crippen molar-refractivity contribution in [2.75, 3.05) is 13.7 Å². The van der Waals surface area contributed by atoms with Gasteiger partial charge in [-0.1, -0.05) is 0 Å². The van der Waals surface area contributed by atoms with Gasteiger partial charge in [-0.2, -0.15) is 0 Å². The maximum Gasteiger partial charge on any atom is 0.311 e. The number of ether oxygens (including phenoxy) is 1. The maximum atomic E-state index is 12.1. The molecule has 9 nitrogen and oxygen atoms in total. The average molecular weight is 308 g/mol. The number of carbonyl (C=O) groups is 3. The van der Waals surface area contributed by atoms with Crippen LogP contribution in [0.2, 0.25) is 0 Å². The molecule has 1 aliphatic heterocycles. The molecule has 0 aliphatic carbocycles. The molecule has 1 aromatic carbocycles. The molecule has 22 heavy (non-hydrogen) atoms. The third kappa shape index (κ3) is 2.60. The Hall–Kier alpha value is -2.97. The van der Waals surface area contributed by atoms with Crippen LogP contribution >= 0.6 is 0 Å². The highest BCUT2D eigenvalue weighted by atomic mass is 16.6. The van der Waals surface area contributed by atoms with Crippen molar-refractivity contribution in [1.29, 1.82) is 0 Å². The van der Waals surface area contributed by atoms with E-state index in [9.17, 15) is 29.6 Å². The summed E-state index contributed by atoms with van der Waals surface area (Å²) >= 11 is 0. The number of imide groups is 1. The fourth-order valence-electron chi connectivity index (χ4n) is 2.15. The quantitative estimate of drug-likeness (QED) is 0.369. The second-order valence-electron chi connectivity index (χ2n) is 4.59. The van der Waals surface area contributed by atoms with Gasteiger partial charge in [0, 0.05) is 25.1 Å². The van der Waals surface area contributed by atoms with Crippen molar-refractivity contribution in [2.24, 2.45) is 0 Å². The van der Waals surface area contributed by atoms with Gasteiger partial charge in [-0.05, 0) is 6.42 Å². The van der Waals surface area contributed by atoms with Crippen LogP contribution in [0, 0.1) is 10.1 Å². The number of hydrogen-bond acceptors (Lipinski definition) is 7. The summed E-state index contributed by atoms with van der Waals surface area (Å²) in [5.41, 5.74) is -0.866. The zero-order chi connectivity index (χ0) is 16.4. The molecule has 1 N–H and O–H groups in total. The Morgan fingerprint density at radius 3 is 2.45 bits per heavy atom. The van der Waals surface area contributed by atoms with E-state index in [-0.39, 0.29) is 30.5 Å². The number of methoxy groups -OCH3 is 1. The Kier molecular flexibility index (Phi) is 4.06. The number of nitrogens with zero attached hydrogens (tertiary/aromatic N) is 2. The van der Waals surface area contributed by atoms with E-state index in [1.807, 2.05) is 0 Å². The molecule has 0 unspecified atom stereocenters. The van der Waals surface area contributed by atoms with Gasteiger partial charge in [0.05, 0.1) is 23.2 Å². The standard InChI is InChI=1S/C13H12N2O7/c1-22-11(17)3-2-4-14-12(18)7-5-9(15(20)21)10(16)6-8(7)13(14)19/h5-6,16H,2-4H2,1H3. The molecule has 0 saturated heterocycles. The number of amides is 2. The largest absolute Gasteiger partial charge is 0.502 e. The van der Waals surface area contributed by atoms with E-state index in [2.05, 4.69) is 4.74 Å². The van der Waals surface area contributed by atoms with Crippen molar-refractivity contribution in [3.05, 3.63) is 33.4 Å². The monoisotopic (exact) mass is 308 g/mol. The van der Waals surface area contributed by atoms with Gasteiger partial charge in [0.25, 0.3) is 11.8 Å². The molecule has 0 saturated carbocycles. The molecule has 0 aromatic heterocycles. The van der Waals surface area contributed by atoms with Crippen LogP contribution in [-0.2, 0) is 9.53 Å². The summed E-state index contributed by atoms with van der Waals surface area (Å²) in [6, 6.07) is 1.79. The highest BCUT2D eigenvalue weighted by molar-refractivity contribution is 6.21. The zero-order valence-corrected chi connectivity index (χ0v) is 11.6. The summed E-state index contributed by atoms with van der Waals surface area (Å²) in [6.07, 6.45) is 0.252. The molecule has 0 bridgehead atoms. The first-order chi connectivity index (χ1) is 10.4. The average Bonchev–Trinajstić information content (AvgIpc) is 2.70. The predicted octanol–water partition coefficient (Wildman–Crippen LogP) is 0.850. The molecule has 1 aliphatic rings. The number of phenolic OH excluding ortho intramolecular Hbond substituents is 1. The van der Waals surface area contributed by atoms with Crippen LogP contribution in [0.25, 0.3) is 0 Å². The number of aromatic hydroxyl groups is 1. The van der Waals surface area contributed by atoms with Gasteiger partial charge >= 0.3 is 11.7 Å². The van der Waals surface area contributed by atoms with Crippen LogP contribution in [0.1, 0.15) is 33.6 Å². The third-order valence-electron chi connectivity index (χ3n) is 3.25. The lowest BCUT2D eigenvalue weighted by Crippen LogP contribution is -2.31. The van der Waals surface area contributed by atoms with Crippen LogP contribution in [0.4, 0.5) is 5.69 Å². The minimum Gasteiger partial charge on any atom is -0.502 e. The number of nitro benzene ring substituents is 1.